The molecule has 0 saturated heterocycles. The standard InChI is InChI=1S/C33H35F3O4/c1-33(2)13-5-10-29(33)28-16-23(30(34)17-27(28)22-7-4-9-25(15-22)40-32(35)36)19-39-24-8-3-6-21(14-24)26(18-31(37)38)20-11-12-20/h3-4,6-9,14-17,20,26,29,32H,5,10-13,18-19H2,1-2H3,(H,37,38)/t26-,29-/m1/s1. The Bertz CT molecular complexity index is 1370. The summed E-state index contributed by atoms with van der Waals surface area (Å²) in [6.07, 6.45) is 5.18. The predicted octanol–water partition coefficient (Wildman–Crippen LogP) is 8.94. The zero-order valence-electron chi connectivity index (χ0n) is 22.8. The van der Waals surface area contributed by atoms with E-state index in [2.05, 4.69) is 18.6 Å². The van der Waals surface area contributed by atoms with Gasteiger partial charge in [-0.2, -0.15) is 8.78 Å². The lowest BCUT2D eigenvalue weighted by atomic mass is 9.75. The fraction of sp³-hybridized carbons (Fsp3) is 0.424. The van der Waals surface area contributed by atoms with Gasteiger partial charge in [-0.1, -0.05) is 44.5 Å². The lowest BCUT2D eigenvalue weighted by Crippen LogP contribution is -2.17. The van der Waals surface area contributed by atoms with Crippen molar-refractivity contribution in [2.45, 2.75) is 77.4 Å². The van der Waals surface area contributed by atoms with Gasteiger partial charge < -0.3 is 14.6 Å². The number of carboxylic acid groups (broad SMARTS) is 1. The lowest BCUT2D eigenvalue weighted by molar-refractivity contribution is -0.137. The van der Waals surface area contributed by atoms with E-state index in [1.54, 1.807) is 18.2 Å². The number of aliphatic carboxylic acids is 1. The van der Waals surface area contributed by atoms with Gasteiger partial charge in [-0.15, -0.1) is 0 Å². The Hall–Kier alpha value is -3.48. The van der Waals surface area contributed by atoms with E-state index in [4.69, 9.17) is 4.74 Å². The van der Waals surface area contributed by atoms with Crippen molar-refractivity contribution in [2.75, 3.05) is 0 Å². The minimum atomic E-state index is -2.94. The van der Waals surface area contributed by atoms with Crippen LogP contribution in [0.4, 0.5) is 13.2 Å². The van der Waals surface area contributed by atoms with Crippen LogP contribution in [-0.2, 0) is 11.4 Å². The van der Waals surface area contributed by atoms with Gasteiger partial charge in [0.15, 0.2) is 0 Å². The van der Waals surface area contributed by atoms with Crippen LogP contribution in [0.3, 0.4) is 0 Å². The molecule has 0 bridgehead atoms. The molecule has 0 aliphatic heterocycles. The molecule has 0 heterocycles. The van der Waals surface area contributed by atoms with Crippen LogP contribution in [0.1, 0.15) is 80.9 Å². The number of hydrogen-bond acceptors (Lipinski definition) is 3. The number of hydrogen-bond donors (Lipinski definition) is 1. The van der Waals surface area contributed by atoms with E-state index in [0.717, 1.165) is 43.2 Å². The normalized spacial score (nSPS) is 19.0. The van der Waals surface area contributed by atoms with Crippen LogP contribution in [0.15, 0.2) is 60.7 Å². The van der Waals surface area contributed by atoms with Gasteiger partial charge in [0, 0.05) is 5.56 Å². The highest BCUT2D eigenvalue weighted by Gasteiger charge is 2.37. The van der Waals surface area contributed by atoms with E-state index in [1.807, 2.05) is 24.3 Å². The average molecular weight is 553 g/mol. The smallest absolute Gasteiger partial charge is 0.387 e. The Morgan fingerprint density at radius 1 is 1.02 bits per heavy atom. The van der Waals surface area contributed by atoms with Crippen LogP contribution in [0.2, 0.25) is 0 Å². The number of rotatable bonds is 11. The summed E-state index contributed by atoms with van der Waals surface area (Å²) in [5.41, 5.74) is 3.61. The number of carbonyl (C=O) groups is 1. The van der Waals surface area contributed by atoms with Crippen LogP contribution < -0.4 is 9.47 Å². The Morgan fingerprint density at radius 3 is 2.45 bits per heavy atom. The van der Waals surface area contributed by atoms with E-state index >= 15 is 4.39 Å². The van der Waals surface area contributed by atoms with Gasteiger partial charge in [-0.05, 0) is 108 Å². The Balaban J connectivity index is 1.45. The highest BCUT2D eigenvalue weighted by molar-refractivity contribution is 5.70. The maximum Gasteiger partial charge on any atom is 0.387 e. The third-order valence-electron chi connectivity index (χ3n) is 8.49. The van der Waals surface area contributed by atoms with E-state index < -0.39 is 18.4 Å². The van der Waals surface area contributed by atoms with E-state index in [-0.39, 0.29) is 36.0 Å². The summed E-state index contributed by atoms with van der Waals surface area (Å²) in [4.78, 5) is 11.4. The molecule has 0 amide bonds. The molecule has 5 rings (SSSR count). The van der Waals surface area contributed by atoms with Crippen molar-refractivity contribution in [2.24, 2.45) is 11.3 Å². The number of halogens is 3. The molecular formula is C33H35F3O4. The van der Waals surface area contributed by atoms with Crippen LogP contribution in [0.5, 0.6) is 11.5 Å². The molecule has 2 aliphatic rings. The molecule has 0 spiro atoms. The summed E-state index contributed by atoms with van der Waals surface area (Å²) in [6.45, 7) is 1.49. The van der Waals surface area contributed by atoms with Gasteiger partial charge in [-0.25, -0.2) is 4.39 Å². The quantitative estimate of drug-likeness (QED) is 0.258. The van der Waals surface area contributed by atoms with Crippen molar-refractivity contribution >= 4 is 5.97 Å². The predicted molar refractivity (Wildman–Crippen MR) is 147 cm³/mol. The number of benzene rings is 3. The van der Waals surface area contributed by atoms with Gasteiger partial charge in [0.2, 0.25) is 0 Å². The minimum absolute atomic E-state index is 0.00190. The molecule has 0 radical (unpaired) electrons. The average Bonchev–Trinajstić information content (AvgIpc) is 3.68. The summed E-state index contributed by atoms with van der Waals surface area (Å²) in [5.74, 6) is -0.177. The molecule has 2 atom stereocenters. The Kier molecular flexibility index (Phi) is 8.11. The summed E-state index contributed by atoms with van der Waals surface area (Å²) in [7, 11) is 0. The van der Waals surface area contributed by atoms with Crippen molar-refractivity contribution in [3.8, 4) is 22.6 Å². The molecule has 0 unspecified atom stereocenters. The van der Waals surface area contributed by atoms with Gasteiger partial charge in [0.05, 0.1) is 6.42 Å². The van der Waals surface area contributed by atoms with Crippen molar-refractivity contribution in [1.82, 2.24) is 0 Å². The second kappa shape index (κ2) is 11.6. The fourth-order valence-electron chi connectivity index (χ4n) is 6.27. The maximum absolute atomic E-state index is 15.6. The van der Waals surface area contributed by atoms with E-state index in [9.17, 15) is 18.7 Å². The molecule has 2 fully saturated rings. The molecule has 212 valence electrons. The topological polar surface area (TPSA) is 55.8 Å². The fourth-order valence-corrected chi connectivity index (χ4v) is 6.27. The zero-order chi connectivity index (χ0) is 28.4. The van der Waals surface area contributed by atoms with E-state index in [0.29, 0.717) is 28.4 Å². The Morgan fingerprint density at radius 2 is 1.77 bits per heavy atom. The van der Waals surface area contributed by atoms with Crippen LogP contribution in [-0.4, -0.2) is 17.7 Å². The van der Waals surface area contributed by atoms with Gasteiger partial charge >= 0.3 is 12.6 Å². The first-order valence-electron chi connectivity index (χ1n) is 13.9. The summed E-state index contributed by atoms with van der Waals surface area (Å²) < 4.78 is 52.0. The summed E-state index contributed by atoms with van der Waals surface area (Å²) in [5, 5.41) is 9.37. The first kappa shape index (κ1) is 28.1. The molecule has 4 nitrogen and oxygen atoms in total. The molecule has 40 heavy (non-hydrogen) atoms. The van der Waals surface area contributed by atoms with Crippen molar-refractivity contribution in [3.05, 3.63) is 83.2 Å². The first-order valence-corrected chi connectivity index (χ1v) is 13.9. The number of ether oxygens (including phenoxy) is 2. The van der Waals surface area contributed by atoms with Crippen LogP contribution >= 0.6 is 0 Å². The van der Waals surface area contributed by atoms with E-state index in [1.165, 1.54) is 18.2 Å². The highest BCUT2D eigenvalue weighted by Crippen LogP contribution is 2.51. The molecule has 1 N–H and O–H groups in total. The molecule has 3 aromatic rings. The summed E-state index contributed by atoms with van der Waals surface area (Å²) in [6, 6.07) is 17.2. The lowest BCUT2D eigenvalue weighted by Gasteiger charge is -2.30. The second-order valence-electron chi connectivity index (χ2n) is 11.8. The minimum Gasteiger partial charge on any atom is -0.489 e. The van der Waals surface area contributed by atoms with Crippen LogP contribution in [0, 0.1) is 17.2 Å². The van der Waals surface area contributed by atoms with Crippen LogP contribution in [0.25, 0.3) is 11.1 Å². The van der Waals surface area contributed by atoms with Gasteiger partial charge in [0.25, 0.3) is 0 Å². The van der Waals surface area contributed by atoms with Crippen molar-refractivity contribution in [3.63, 3.8) is 0 Å². The van der Waals surface area contributed by atoms with Crippen molar-refractivity contribution < 1.29 is 32.5 Å². The highest BCUT2D eigenvalue weighted by atomic mass is 19.3. The molecule has 7 heteroatoms. The van der Waals surface area contributed by atoms with Crippen molar-refractivity contribution in [1.29, 1.82) is 0 Å². The zero-order valence-corrected chi connectivity index (χ0v) is 22.8. The Labute approximate surface area is 233 Å². The molecular weight excluding hydrogens is 517 g/mol. The summed E-state index contributed by atoms with van der Waals surface area (Å²) >= 11 is 0. The molecule has 3 aromatic carbocycles. The van der Waals surface area contributed by atoms with Gasteiger partial charge in [0.1, 0.15) is 23.9 Å². The second-order valence-corrected chi connectivity index (χ2v) is 11.8. The SMILES string of the molecule is CC1(C)CCC[C@@H]1c1cc(COc2cccc([C@H](CC(=O)O)C3CC3)c2)c(F)cc1-c1cccc(OC(F)F)c1. The number of carboxylic acids is 1. The van der Waals surface area contributed by atoms with Gasteiger partial charge in [-0.3, -0.25) is 4.79 Å². The third-order valence-corrected chi connectivity index (χ3v) is 8.49. The molecule has 2 aliphatic carbocycles. The monoisotopic (exact) mass is 552 g/mol. The maximum atomic E-state index is 15.6. The number of alkyl halides is 2. The molecule has 0 aromatic heterocycles. The molecule has 2 saturated carbocycles. The largest absolute Gasteiger partial charge is 0.489 e. The third kappa shape index (κ3) is 6.45. The first-order chi connectivity index (χ1) is 19.1.